The van der Waals surface area contributed by atoms with E-state index < -0.39 is 43.9 Å². The number of hydrogen-bond acceptors (Lipinski definition) is 10. The maximum Gasteiger partial charge on any atom is 0.695 e. The van der Waals surface area contributed by atoms with Crippen molar-refractivity contribution in [1.29, 1.82) is 0 Å². The number of ether oxygens (including phenoxy) is 4. The first kappa shape index (κ1) is 34.6. The summed E-state index contributed by atoms with van der Waals surface area (Å²) in [5.41, 5.74) is 0.474. The Morgan fingerprint density at radius 2 is 1.65 bits per heavy atom. The van der Waals surface area contributed by atoms with Crippen molar-refractivity contribution >= 4 is 20.0 Å². The van der Waals surface area contributed by atoms with Gasteiger partial charge < -0.3 is 24.1 Å². The van der Waals surface area contributed by atoms with Gasteiger partial charge in [0.2, 0.25) is 0 Å². The Balaban J connectivity index is 1.50. The predicted octanol–water partition coefficient (Wildman–Crippen LogP) is 4.95. The zero-order valence-electron chi connectivity index (χ0n) is 26.5. The first-order valence-corrected chi connectivity index (χ1v) is 16.3. The lowest BCUT2D eigenvalue weighted by Gasteiger charge is -2.37. The van der Waals surface area contributed by atoms with Gasteiger partial charge in [0.15, 0.2) is 5.82 Å². The van der Waals surface area contributed by atoms with Crippen LogP contribution in [0.4, 0.5) is 5.82 Å². The average Bonchev–Trinajstić information content (AvgIpc) is 3.49. The maximum atomic E-state index is 13.0. The van der Waals surface area contributed by atoms with Crippen LogP contribution in [0.25, 0.3) is 0 Å². The van der Waals surface area contributed by atoms with Crippen molar-refractivity contribution in [2.24, 2.45) is 4.99 Å². The van der Waals surface area contributed by atoms with Crippen LogP contribution >= 0.6 is 8.25 Å². The van der Waals surface area contributed by atoms with E-state index in [0.29, 0.717) is 17.9 Å². The van der Waals surface area contributed by atoms with Gasteiger partial charge in [-0.2, -0.15) is 4.98 Å². The Morgan fingerprint density at radius 3 is 2.19 bits per heavy atom. The number of rotatable bonds is 15. The highest BCUT2D eigenvalue weighted by Crippen LogP contribution is 2.43. The smallest absolute Gasteiger partial charge is 0.695 e. The van der Waals surface area contributed by atoms with Crippen LogP contribution in [-0.4, -0.2) is 53.4 Å². The fourth-order valence-corrected chi connectivity index (χ4v) is 6.08. The monoisotopic (exact) mass is 673 g/mol. The number of allylic oxidation sites excluding steroid dienone is 1. The molecule has 1 unspecified atom stereocenters. The number of benzene rings is 3. The molecule has 0 aliphatic carbocycles. The molecular weight excluding hydrogens is 637 g/mol. The van der Waals surface area contributed by atoms with Gasteiger partial charge in [-0.1, -0.05) is 60.7 Å². The van der Waals surface area contributed by atoms with Crippen molar-refractivity contribution in [3.63, 3.8) is 0 Å². The standard InChI is InChI=1S/C35H36N3O9P/c1-4-5-11-32(39)36-31-20-21-38(34(40)37-31)33-22-29(47-48(41)42)30(46-33)23-45-35(24-9-7-6-8-10-24,25-12-16-27(43-2)17-13-25)26-14-18-28(44-3)19-15-26/h4,6-10,12-21,29-30,33H,1,5,11,22-23H2,2-3H3,(H-,36,37,39,40,41,42)/t29-,30+,33+/m0/s1. The van der Waals surface area contributed by atoms with Gasteiger partial charge in [-0.15, -0.1) is 16.0 Å². The molecule has 4 atom stereocenters. The molecular formula is C35H36N3O9P. The molecule has 0 amide bonds. The molecule has 0 radical (unpaired) electrons. The lowest BCUT2D eigenvalue weighted by molar-refractivity contribution is -0.218. The first-order chi connectivity index (χ1) is 23.3. The summed E-state index contributed by atoms with van der Waals surface area (Å²) in [5.74, 6) is 0.874. The van der Waals surface area contributed by atoms with E-state index >= 15 is 0 Å². The molecule has 1 fully saturated rings. The van der Waals surface area contributed by atoms with E-state index in [9.17, 15) is 19.4 Å². The zero-order chi connectivity index (χ0) is 34.1. The van der Waals surface area contributed by atoms with Crippen LogP contribution in [0.5, 0.6) is 11.5 Å². The van der Waals surface area contributed by atoms with E-state index in [1.54, 1.807) is 20.3 Å². The normalized spacial score (nSPS) is 18.4. The third-order valence-corrected chi connectivity index (χ3v) is 8.42. The van der Waals surface area contributed by atoms with Crippen LogP contribution in [0.15, 0.2) is 114 Å². The highest BCUT2D eigenvalue weighted by Gasteiger charge is 2.46. The molecule has 0 saturated carbocycles. The van der Waals surface area contributed by atoms with Crippen LogP contribution < -0.4 is 20.3 Å². The summed E-state index contributed by atoms with van der Waals surface area (Å²) in [7, 11) is 0.168. The number of hydrogen-bond donors (Lipinski definition) is 1. The fraction of sp³-hybridized carbons (Fsp3) is 0.286. The van der Waals surface area contributed by atoms with Gasteiger partial charge in [0.1, 0.15) is 35.5 Å². The third-order valence-electron chi connectivity index (χ3n) is 7.97. The summed E-state index contributed by atoms with van der Waals surface area (Å²) >= 11 is 0. The lowest BCUT2D eigenvalue weighted by atomic mass is 9.80. The second-order valence-corrected chi connectivity index (χ2v) is 11.6. The van der Waals surface area contributed by atoms with Gasteiger partial charge >= 0.3 is 13.9 Å². The van der Waals surface area contributed by atoms with Crippen molar-refractivity contribution in [2.75, 3.05) is 20.8 Å². The summed E-state index contributed by atoms with van der Waals surface area (Å²) in [4.78, 5) is 30.5. The van der Waals surface area contributed by atoms with Gasteiger partial charge in [0.25, 0.3) is 0 Å². The van der Waals surface area contributed by atoms with Gasteiger partial charge in [-0.05, 0) is 65.8 Å². The van der Waals surface area contributed by atoms with Crippen molar-refractivity contribution in [3.05, 3.63) is 131 Å². The van der Waals surface area contributed by atoms with Crippen LogP contribution in [-0.2, 0) is 24.2 Å². The van der Waals surface area contributed by atoms with E-state index in [-0.39, 0.29) is 25.3 Å². The van der Waals surface area contributed by atoms with Gasteiger partial charge in [0.05, 0.1) is 20.8 Å². The molecule has 2 heterocycles. The highest BCUT2D eigenvalue weighted by atomic mass is 31.1. The summed E-state index contributed by atoms with van der Waals surface area (Å²) in [6, 6.07) is 26.1. The van der Waals surface area contributed by atoms with Crippen molar-refractivity contribution in [2.45, 2.75) is 43.3 Å². The van der Waals surface area contributed by atoms with E-state index in [0.717, 1.165) is 16.7 Å². The summed E-state index contributed by atoms with van der Waals surface area (Å²) in [6.45, 7) is 3.48. The fourth-order valence-electron chi connectivity index (χ4n) is 5.62. The van der Waals surface area contributed by atoms with Crippen LogP contribution in [0.2, 0.25) is 0 Å². The topological polar surface area (TPSA) is 154 Å². The Morgan fingerprint density at radius 1 is 1.04 bits per heavy atom. The Labute approximate surface area is 278 Å². The minimum absolute atomic E-state index is 0.0268. The molecule has 0 bridgehead atoms. The molecule has 250 valence electrons. The van der Waals surface area contributed by atoms with E-state index in [2.05, 4.69) is 16.6 Å². The molecule has 1 aliphatic rings. The Kier molecular flexibility index (Phi) is 11.5. The SMILES string of the molecule is C=CCCC([O-])=Nc1ccn([C@H]2C[C@H](O[P+](=O)O)[C@@H](COC(c3ccccc3)(c3ccc(OC)cc3)c3ccc(OC)cc3)O2)c(=O)n1. The molecule has 0 spiro atoms. The number of aliphatic imine (C=N–C) groups is 1. The van der Waals surface area contributed by atoms with Crippen molar-refractivity contribution in [1.82, 2.24) is 9.55 Å². The summed E-state index contributed by atoms with van der Waals surface area (Å²) in [5, 5.41) is 12.1. The van der Waals surface area contributed by atoms with E-state index in [1.807, 2.05) is 78.9 Å². The lowest BCUT2D eigenvalue weighted by Crippen LogP contribution is -2.38. The Bertz CT molecular complexity index is 1730. The minimum Gasteiger partial charge on any atom is -0.862 e. The Hall–Kier alpha value is -4.71. The van der Waals surface area contributed by atoms with Gasteiger partial charge in [0, 0.05) is 17.2 Å². The van der Waals surface area contributed by atoms with E-state index in [4.69, 9.17) is 23.5 Å². The summed E-state index contributed by atoms with van der Waals surface area (Å²) < 4.78 is 42.5. The maximum absolute atomic E-state index is 13.0. The van der Waals surface area contributed by atoms with Crippen molar-refractivity contribution in [3.8, 4) is 11.5 Å². The molecule has 4 aromatic rings. The number of aromatic nitrogens is 2. The van der Waals surface area contributed by atoms with Gasteiger partial charge in [-0.3, -0.25) is 4.57 Å². The molecule has 12 nitrogen and oxygen atoms in total. The quantitative estimate of drug-likeness (QED) is 0.0603. The molecule has 1 aliphatic heterocycles. The van der Waals surface area contributed by atoms with Crippen molar-refractivity contribution < 1.29 is 38.0 Å². The highest BCUT2D eigenvalue weighted by molar-refractivity contribution is 7.32. The first-order valence-electron chi connectivity index (χ1n) is 15.2. The molecule has 13 heteroatoms. The van der Waals surface area contributed by atoms with Crippen LogP contribution in [0.1, 0.15) is 42.2 Å². The minimum atomic E-state index is -3.01. The second kappa shape index (κ2) is 15.9. The molecule has 48 heavy (non-hydrogen) atoms. The average molecular weight is 674 g/mol. The molecule has 1 N–H and O–H groups in total. The molecule has 3 aromatic carbocycles. The predicted molar refractivity (Wildman–Crippen MR) is 177 cm³/mol. The third kappa shape index (κ3) is 7.87. The molecule has 1 saturated heterocycles. The second-order valence-electron chi connectivity index (χ2n) is 10.9. The zero-order valence-corrected chi connectivity index (χ0v) is 27.4. The molecule has 5 rings (SSSR count). The summed E-state index contributed by atoms with van der Waals surface area (Å²) in [6.07, 6.45) is 0.979. The van der Waals surface area contributed by atoms with Crippen LogP contribution in [0.3, 0.4) is 0 Å². The molecule has 1 aromatic heterocycles. The number of methoxy groups -OCH3 is 2. The largest absolute Gasteiger partial charge is 0.862 e. The van der Waals surface area contributed by atoms with Crippen LogP contribution in [0, 0.1) is 0 Å². The van der Waals surface area contributed by atoms with E-state index in [1.165, 1.54) is 16.8 Å². The number of nitrogens with zero attached hydrogens (tertiary/aromatic N) is 3. The van der Waals surface area contributed by atoms with Gasteiger partial charge in [-0.25, -0.2) is 9.79 Å².